The molecule has 0 heterocycles. The molecule has 0 amide bonds. The van der Waals surface area contributed by atoms with E-state index in [1.165, 1.54) is 11.1 Å². The molecule has 2 heteroatoms. The monoisotopic (exact) mass is 269 g/mol. The first-order chi connectivity index (χ1) is 9.47. The molecule has 2 N–H and O–H groups in total. The minimum atomic E-state index is -0.490. The lowest BCUT2D eigenvalue weighted by Gasteiger charge is -2.18. The molecule has 106 valence electrons. The van der Waals surface area contributed by atoms with Crippen LogP contribution in [0.15, 0.2) is 36.4 Å². The van der Waals surface area contributed by atoms with Gasteiger partial charge in [-0.25, -0.2) is 0 Å². The van der Waals surface area contributed by atoms with Crippen LogP contribution in [0.5, 0.6) is 0 Å². The summed E-state index contributed by atoms with van der Waals surface area (Å²) in [5.74, 6) is 0. The van der Waals surface area contributed by atoms with Crippen molar-refractivity contribution in [2.45, 2.75) is 33.8 Å². The minimum Gasteiger partial charge on any atom is -0.387 e. The number of aliphatic hydroxyl groups excluding tert-OH is 1. The van der Waals surface area contributed by atoms with Crippen LogP contribution in [-0.4, -0.2) is 11.7 Å². The van der Waals surface area contributed by atoms with Gasteiger partial charge >= 0.3 is 0 Å². The maximum atomic E-state index is 10.4. The van der Waals surface area contributed by atoms with Crippen LogP contribution in [0.25, 0.3) is 0 Å². The lowest BCUT2D eigenvalue weighted by atomic mass is 9.95. The molecule has 0 aliphatic rings. The topological polar surface area (TPSA) is 32.3 Å². The van der Waals surface area contributed by atoms with Gasteiger partial charge in [0.2, 0.25) is 0 Å². The summed E-state index contributed by atoms with van der Waals surface area (Å²) in [6.45, 7) is 8.79. The number of hydrogen-bond donors (Lipinski definition) is 2. The second kappa shape index (κ2) is 6.10. The second-order valence-electron chi connectivity index (χ2n) is 5.58. The molecule has 0 saturated heterocycles. The molecule has 1 atom stereocenters. The van der Waals surface area contributed by atoms with Crippen molar-refractivity contribution < 1.29 is 5.11 Å². The Hall–Kier alpha value is -1.80. The summed E-state index contributed by atoms with van der Waals surface area (Å²) in [5.41, 5.74) is 6.85. The Kier molecular flexibility index (Phi) is 4.46. The summed E-state index contributed by atoms with van der Waals surface area (Å²) in [4.78, 5) is 0. The molecule has 2 nitrogen and oxygen atoms in total. The lowest BCUT2D eigenvalue weighted by Crippen LogP contribution is -2.14. The Labute approximate surface area is 121 Å². The van der Waals surface area contributed by atoms with Crippen molar-refractivity contribution >= 4 is 5.69 Å². The molecular weight excluding hydrogens is 246 g/mol. The Morgan fingerprint density at radius 2 is 1.60 bits per heavy atom. The van der Waals surface area contributed by atoms with Crippen molar-refractivity contribution in [1.82, 2.24) is 0 Å². The van der Waals surface area contributed by atoms with E-state index in [0.29, 0.717) is 6.54 Å². The van der Waals surface area contributed by atoms with Crippen LogP contribution in [-0.2, 0) is 0 Å². The molecule has 0 radical (unpaired) electrons. The van der Waals surface area contributed by atoms with Gasteiger partial charge in [0.05, 0.1) is 6.10 Å². The predicted molar refractivity (Wildman–Crippen MR) is 85.3 cm³/mol. The predicted octanol–water partition coefficient (Wildman–Crippen LogP) is 4.07. The maximum absolute atomic E-state index is 10.4. The maximum Gasteiger partial charge on any atom is 0.0967 e. The van der Waals surface area contributed by atoms with Gasteiger partial charge in [-0.2, -0.15) is 0 Å². The van der Waals surface area contributed by atoms with E-state index in [1.807, 2.05) is 12.1 Å². The van der Waals surface area contributed by atoms with Crippen LogP contribution in [0.1, 0.15) is 33.9 Å². The zero-order valence-corrected chi connectivity index (χ0v) is 12.7. The Morgan fingerprint density at radius 1 is 0.950 bits per heavy atom. The highest BCUT2D eigenvalue weighted by Gasteiger charge is 2.13. The van der Waals surface area contributed by atoms with E-state index in [1.54, 1.807) is 0 Å². The zero-order valence-electron chi connectivity index (χ0n) is 12.7. The number of benzene rings is 2. The van der Waals surface area contributed by atoms with Gasteiger partial charge < -0.3 is 10.4 Å². The smallest absolute Gasteiger partial charge is 0.0967 e. The second-order valence-corrected chi connectivity index (χ2v) is 5.58. The Bertz CT molecular complexity index is 581. The molecule has 1 unspecified atom stereocenters. The Balaban J connectivity index is 2.11. The van der Waals surface area contributed by atoms with E-state index in [-0.39, 0.29) is 0 Å². The van der Waals surface area contributed by atoms with Crippen molar-refractivity contribution in [3.05, 3.63) is 64.2 Å². The van der Waals surface area contributed by atoms with E-state index in [9.17, 15) is 5.11 Å². The van der Waals surface area contributed by atoms with Gasteiger partial charge in [-0.15, -0.1) is 0 Å². The summed E-state index contributed by atoms with van der Waals surface area (Å²) < 4.78 is 0. The molecule has 20 heavy (non-hydrogen) atoms. The molecule has 0 aliphatic heterocycles. The van der Waals surface area contributed by atoms with Gasteiger partial charge in [0.15, 0.2) is 0 Å². The van der Waals surface area contributed by atoms with E-state index < -0.39 is 6.10 Å². The van der Waals surface area contributed by atoms with Gasteiger partial charge in [0.25, 0.3) is 0 Å². The number of hydrogen-bond acceptors (Lipinski definition) is 2. The fraction of sp³-hybridized carbons (Fsp3) is 0.333. The summed E-state index contributed by atoms with van der Waals surface area (Å²) >= 11 is 0. The normalized spacial score (nSPS) is 12.2. The Morgan fingerprint density at radius 3 is 2.20 bits per heavy atom. The van der Waals surface area contributed by atoms with E-state index in [0.717, 1.165) is 22.4 Å². The van der Waals surface area contributed by atoms with Crippen molar-refractivity contribution in [2.75, 3.05) is 11.9 Å². The molecular formula is C18H23NO. The third-order valence-electron chi connectivity index (χ3n) is 3.59. The number of anilines is 1. The summed E-state index contributed by atoms with van der Waals surface area (Å²) in [6.07, 6.45) is -0.490. The molecule has 0 fully saturated rings. The molecule has 0 saturated carbocycles. The van der Waals surface area contributed by atoms with Crippen molar-refractivity contribution in [2.24, 2.45) is 0 Å². The van der Waals surface area contributed by atoms with Crippen molar-refractivity contribution in [3.63, 3.8) is 0 Å². The van der Waals surface area contributed by atoms with E-state index >= 15 is 0 Å². The third-order valence-corrected chi connectivity index (χ3v) is 3.59. The third kappa shape index (κ3) is 3.40. The fourth-order valence-corrected chi connectivity index (χ4v) is 2.79. The van der Waals surface area contributed by atoms with Gasteiger partial charge in [0.1, 0.15) is 0 Å². The van der Waals surface area contributed by atoms with Crippen LogP contribution in [0.2, 0.25) is 0 Å². The molecule has 2 aromatic carbocycles. The van der Waals surface area contributed by atoms with Gasteiger partial charge in [0, 0.05) is 12.2 Å². The van der Waals surface area contributed by atoms with Crippen molar-refractivity contribution in [3.8, 4) is 0 Å². The number of aryl methyl sites for hydroxylation is 4. The fourth-order valence-electron chi connectivity index (χ4n) is 2.79. The number of nitrogens with one attached hydrogen (secondary N) is 1. The van der Waals surface area contributed by atoms with Gasteiger partial charge in [-0.3, -0.25) is 0 Å². The summed E-state index contributed by atoms with van der Waals surface area (Å²) in [5, 5.41) is 13.7. The molecule has 0 bridgehead atoms. The van der Waals surface area contributed by atoms with Gasteiger partial charge in [-0.05, 0) is 62.1 Å². The average molecular weight is 269 g/mol. The number of rotatable bonds is 4. The zero-order chi connectivity index (χ0) is 14.7. The highest BCUT2D eigenvalue weighted by atomic mass is 16.3. The molecule has 0 aliphatic carbocycles. The number of aliphatic hydroxyl groups is 1. The van der Waals surface area contributed by atoms with E-state index in [2.05, 4.69) is 57.3 Å². The van der Waals surface area contributed by atoms with E-state index in [4.69, 9.17) is 0 Å². The minimum absolute atomic E-state index is 0.490. The first-order valence-electron chi connectivity index (χ1n) is 7.03. The molecule has 2 rings (SSSR count). The SMILES string of the molecule is Cc1cccc(NCC(O)c2c(C)cc(C)cc2C)c1. The molecule has 0 spiro atoms. The highest BCUT2D eigenvalue weighted by molar-refractivity contribution is 5.46. The molecule has 0 aromatic heterocycles. The standard InChI is InChI=1S/C18H23NO/c1-12-6-5-7-16(10-12)19-11-17(20)18-14(3)8-13(2)9-15(18)4/h5-10,17,19-20H,11H2,1-4H3. The molecule has 2 aromatic rings. The largest absolute Gasteiger partial charge is 0.387 e. The van der Waals surface area contributed by atoms with Crippen LogP contribution < -0.4 is 5.32 Å². The summed E-state index contributed by atoms with van der Waals surface area (Å²) in [7, 11) is 0. The average Bonchev–Trinajstić information content (AvgIpc) is 2.35. The van der Waals surface area contributed by atoms with Crippen molar-refractivity contribution in [1.29, 1.82) is 0 Å². The first kappa shape index (κ1) is 14.6. The first-order valence-corrected chi connectivity index (χ1v) is 7.03. The summed E-state index contributed by atoms with van der Waals surface area (Å²) in [6, 6.07) is 12.4. The van der Waals surface area contributed by atoms with Gasteiger partial charge in [-0.1, -0.05) is 29.8 Å². The van der Waals surface area contributed by atoms with Crippen LogP contribution in [0, 0.1) is 27.7 Å². The quantitative estimate of drug-likeness (QED) is 0.877. The van der Waals surface area contributed by atoms with Crippen LogP contribution in [0.4, 0.5) is 5.69 Å². The van der Waals surface area contributed by atoms with Crippen LogP contribution in [0.3, 0.4) is 0 Å². The highest BCUT2D eigenvalue weighted by Crippen LogP contribution is 2.24. The lowest BCUT2D eigenvalue weighted by molar-refractivity contribution is 0.190. The van der Waals surface area contributed by atoms with Crippen LogP contribution >= 0.6 is 0 Å².